The molecule has 0 bridgehead atoms. The van der Waals surface area contributed by atoms with Crippen LogP contribution in [-0.2, 0) is 0 Å². The molecule has 0 aliphatic carbocycles. The van der Waals surface area contributed by atoms with Crippen LogP contribution in [0.1, 0.15) is 33.1 Å². The van der Waals surface area contributed by atoms with E-state index >= 15 is 0 Å². The summed E-state index contributed by atoms with van der Waals surface area (Å²) in [4.78, 5) is 19.2. The average Bonchev–Trinajstić information content (AvgIpc) is 3.02. The maximum atomic E-state index is 9.98. The number of nitrogens with one attached hydrogen (secondary N) is 1. The molecule has 2 N–H and O–H groups in total. The molecule has 7 nitrogen and oxygen atoms in total. The summed E-state index contributed by atoms with van der Waals surface area (Å²) >= 11 is 1.58. The SMILES string of the molecule is CC1CCCC(C)N1c1nc(O)nc(Nc2ccc3ncsc3c2)n1. The lowest BCUT2D eigenvalue weighted by Crippen LogP contribution is -2.44. The van der Waals surface area contributed by atoms with E-state index in [0.717, 1.165) is 28.7 Å². The minimum absolute atomic E-state index is 0.267. The third kappa shape index (κ3) is 3.21. The van der Waals surface area contributed by atoms with E-state index in [1.807, 2.05) is 23.7 Å². The smallest absolute Gasteiger partial charge is 0.320 e. The molecule has 25 heavy (non-hydrogen) atoms. The number of thiazole rings is 1. The van der Waals surface area contributed by atoms with Crippen molar-refractivity contribution in [1.82, 2.24) is 19.9 Å². The van der Waals surface area contributed by atoms with E-state index in [1.54, 1.807) is 11.3 Å². The van der Waals surface area contributed by atoms with Gasteiger partial charge in [-0.25, -0.2) is 4.98 Å². The first-order valence-electron chi connectivity index (χ1n) is 8.44. The lowest BCUT2D eigenvalue weighted by Gasteiger charge is -2.38. The van der Waals surface area contributed by atoms with Gasteiger partial charge in [0.25, 0.3) is 0 Å². The molecule has 1 aromatic carbocycles. The Morgan fingerprint density at radius 2 is 1.96 bits per heavy atom. The summed E-state index contributed by atoms with van der Waals surface area (Å²) in [7, 11) is 0. The molecule has 3 heterocycles. The van der Waals surface area contributed by atoms with E-state index < -0.39 is 0 Å². The van der Waals surface area contributed by atoms with E-state index in [4.69, 9.17) is 0 Å². The number of aromatic hydroxyl groups is 1. The summed E-state index contributed by atoms with van der Waals surface area (Å²) in [6.07, 6.45) is 3.40. The molecule has 0 spiro atoms. The molecule has 1 aliphatic rings. The summed E-state index contributed by atoms with van der Waals surface area (Å²) < 4.78 is 1.08. The van der Waals surface area contributed by atoms with Crippen molar-refractivity contribution in [3.8, 4) is 6.01 Å². The van der Waals surface area contributed by atoms with Crippen molar-refractivity contribution in [3.05, 3.63) is 23.7 Å². The highest BCUT2D eigenvalue weighted by Crippen LogP contribution is 2.29. The largest absolute Gasteiger partial charge is 0.479 e. The van der Waals surface area contributed by atoms with Crippen molar-refractivity contribution in [2.24, 2.45) is 0 Å². The van der Waals surface area contributed by atoms with Crippen molar-refractivity contribution >= 4 is 39.1 Å². The maximum Gasteiger partial charge on any atom is 0.320 e. The number of hydrogen-bond acceptors (Lipinski definition) is 8. The predicted octanol–water partition coefficient (Wildman–Crippen LogP) is 3.70. The Morgan fingerprint density at radius 3 is 2.76 bits per heavy atom. The molecule has 1 aliphatic heterocycles. The standard InChI is InChI=1S/C17H20N6OS/c1-10-4-3-5-11(2)23(10)16-20-15(21-17(24)22-16)19-12-6-7-13-14(8-12)25-9-18-13/h6-11H,3-5H2,1-2H3,(H2,19,20,21,22,24). The highest BCUT2D eigenvalue weighted by molar-refractivity contribution is 7.16. The molecule has 4 rings (SSSR count). The zero-order valence-corrected chi connectivity index (χ0v) is 15.0. The fraction of sp³-hybridized carbons (Fsp3) is 0.412. The number of anilines is 3. The fourth-order valence-corrected chi connectivity index (χ4v) is 4.12. The molecule has 0 amide bonds. The van der Waals surface area contributed by atoms with Gasteiger partial charge >= 0.3 is 6.01 Å². The highest BCUT2D eigenvalue weighted by atomic mass is 32.1. The summed E-state index contributed by atoms with van der Waals surface area (Å²) in [5, 5.41) is 13.1. The zero-order valence-electron chi connectivity index (χ0n) is 14.2. The number of benzene rings is 1. The Balaban J connectivity index is 1.64. The van der Waals surface area contributed by atoms with E-state index in [0.29, 0.717) is 24.0 Å². The van der Waals surface area contributed by atoms with E-state index in [9.17, 15) is 5.11 Å². The summed E-state index contributed by atoms with van der Waals surface area (Å²) in [5.74, 6) is 0.866. The van der Waals surface area contributed by atoms with Gasteiger partial charge in [0.1, 0.15) is 0 Å². The van der Waals surface area contributed by atoms with Gasteiger partial charge in [0.2, 0.25) is 11.9 Å². The molecule has 8 heteroatoms. The number of fused-ring (bicyclic) bond motifs is 1. The molecular weight excluding hydrogens is 336 g/mol. The van der Waals surface area contributed by atoms with E-state index in [1.165, 1.54) is 6.42 Å². The van der Waals surface area contributed by atoms with Crippen LogP contribution < -0.4 is 10.2 Å². The van der Waals surface area contributed by atoms with Gasteiger partial charge in [-0.15, -0.1) is 11.3 Å². The highest BCUT2D eigenvalue weighted by Gasteiger charge is 2.27. The van der Waals surface area contributed by atoms with Crippen molar-refractivity contribution < 1.29 is 5.11 Å². The maximum absolute atomic E-state index is 9.98. The third-order valence-corrected chi connectivity index (χ3v) is 5.42. The van der Waals surface area contributed by atoms with Gasteiger partial charge in [-0.05, 0) is 51.3 Å². The zero-order chi connectivity index (χ0) is 17.4. The summed E-state index contributed by atoms with van der Waals surface area (Å²) in [5.41, 5.74) is 3.64. The van der Waals surface area contributed by atoms with Gasteiger partial charge in [0, 0.05) is 17.8 Å². The molecular formula is C17H20N6OS. The van der Waals surface area contributed by atoms with Gasteiger partial charge in [-0.3, -0.25) is 0 Å². The molecule has 2 aromatic heterocycles. The van der Waals surface area contributed by atoms with Crippen LogP contribution in [0.2, 0.25) is 0 Å². The van der Waals surface area contributed by atoms with Crippen LogP contribution in [0.5, 0.6) is 6.01 Å². The molecule has 0 saturated carbocycles. The Bertz CT molecular complexity index is 888. The second-order valence-corrected chi connectivity index (χ2v) is 7.34. The average molecular weight is 356 g/mol. The number of piperidine rings is 1. The Morgan fingerprint density at radius 1 is 1.16 bits per heavy atom. The molecule has 2 unspecified atom stereocenters. The topological polar surface area (TPSA) is 87.1 Å². The van der Waals surface area contributed by atoms with Crippen LogP contribution in [0.15, 0.2) is 23.7 Å². The summed E-state index contributed by atoms with van der Waals surface area (Å²) in [6.45, 7) is 4.34. The van der Waals surface area contributed by atoms with Gasteiger partial charge in [0.05, 0.1) is 15.7 Å². The summed E-state index contributed by atoms with van der Waals surface area (Å²) in [6, 6.07) is 6.29. The Labute approximate surface area is 149 Å². The van der Waals surface area contributed by atoms with Gasteiger partial charge in [-0.2, -0.15) is 15.0 Å². The van der Waals surface area contributed by atoms with Gasteiger partial charge < -0.3 is 15.3 Å². The number of rotatable bonds is 3. The molecule has 1 saturated heterocycles. The first-order chi connectivity index (χ1) is 12.1. The number of nitrogens with zero attached hydrogens (tertiary/aromatic N) is 5. The number of aromatic nitrogens is 4. The molecule has 3 aromatic rings. The van der Waals surface area contributed by atoms with Crippen molar-refractivity contribution in [3.63, 3.8) is 0 Å². The van der Waals surface area contributed by atoms with Crippen LogP contribution in [0, 0.1) is 0 Å². The van der Waals surface area contributed by atoms with Gasteiger partial charge in [-0.1, -0.05) is 0 Å². The number of hydrogen-bond donors (Lipinski definition) is 2. The monoisotopic (exact) mass is 356 g/mol. The predicted molar refractivity (Wildman–Crippen MR) is 99.6 cm³/mol. The van der Waals surface area contributed by atoms with Crippen LogP contribution in [0.3, 0.4) is 0 Å². The lowest BCUT2D eigenvalue weighted by molar-refractivity contribution is 0.396. The van der Waals surface area contributed by atoms with Crippen molar-refractivity contribution in [2.75, 3.05) is 10.2 Å². The first-order valence-corrected chi connectivity index (χ1v) is 9.32. The molecule has 1 fully saturated rings. The van der Waals surface area contributed by atoms with Crippen LogP contribution >= 0.6 is 11.3 Å². The van der Waals surface area contributed by atoms with Crippen LogP contribution in [0.25, 0.3) is 10.2 Å². The molecule has 0 radical (unpaired) electrons. The fourth-order valence-electron chi connectivity index (χ4n) is 3.40. The van der Waals surface area contributed by atoms with Crippen molar-refractivity contribution in [2.45, 2.75) is 45.2 Å². The third-order valence-electron chi connectivity index (χ3n) is 4.62. The second-order valence-electron chi connectivity index (χ2n) is 6.46. The Kier molecular flexibility index (Phi) is 4.12. The normalized spacial score (nSPS) is 20.8. The quantitative estimate of drug-likeness (QED) is 0.740. The van der Waals surface area contributed by atoms with E-state index in [2.05, 4.69) is 44.0 Å². The minimum Gasteiger partial charge on any atom is -0.479 e. The van der Waals surface area contributed by atoms with Crippen LogP contribution in [-0.4, -0.2) is 37.1 Å². The molecule has 130 valence electrons. The van der Waals surface area contributed by atoms with Gasteiger partial charge in [0.15, 0.2) is 0 Å². The second kappa shape index (κ2) is 6.44. The lowest BCUT2D eigenvalue weighted by atomic mass is 9.98. The van der Waals surface area contributed by atoms with Crippen LogP contribution in [0.4, 0.5) is 17.6 Å². The minimum atomic E-state index is -0.267. The Hall–Kier alpha value is -2.48. The first kappa shape index (κ1) is 16.0. The van der Waals surface area contributed by atoms with Crippen molar-refractivity contribution in [1.29, 1.82) is 0 Å². The molecule has 2 atom stereocenters. The van der Waals surface area contributed by atoms with E-state index in [-0.39, 0.29) is 6.01 Å².